The first-order valence-corrected chi connectivity index (χ1v) is 25.0. The monoisotopic (exact) mass is 931 g/mol. The lowest BCUT2D eigenvalue weighted by molar-refractivity contribution is -0.302. The molecule has 0 aromatic heterocycles. The summed E-state index contributed by atoms with van der Waals surface area (Å²) in [6.07, 6.45) is 9.51. The second-order valence-corrected chi connectivity index (χ2v) is 20.3. The third-order valence-electron chi connectivity index (χ3n) is 15.3. The number of allylic oxidation sites excluding steroid dienone is 3. The molecule has 5 rings (SSSR count). The van der Waals surface area contributed by atoms with Gasteiger partial charge < -0.3 is 48.9 Å². The molecule has 374 valence electrons. The summed E-state index contributed by atoms with van der Waals surface area (Å²) < 4.78 is 36.4. The van der Waals surface area contributed by atoms with E-state index in [4.69, 9.17) is 28.4 Å². The molecule has 2 bridgehead atoms. The average Bonchev–Trinajstić information content (AvgIpc) is 3.30. The number of carbonyl (C=O) groups is 5. The van der Waals surface area contributed by atoms with Gasteiger partial charge in [0.15, 0.2) is 0 Å². The summed E-state index contributed by atoms with van der Waals surface area (Å²) in [4.78, 5) is 71.2. The average molecular weight is 931 g/mol. The maximum absolute atomic E-state index is 14.5. The van der Waals surface area contributed by atoms with E-state index in [0.717, 1.165) is 31.3 Å². The van der Waals surface area contributed by atoms with Crippen molar-refractivity contribution in [1.29, 1.82) is 0 Å². The molecule has 4 fully saturated rings. The van der Waals surface area contributed by atoms with Gasteiger partial charge in [0.05, 0.1) is 30.5 Å². The predicted molar refractivity (Wildman–Crippen MR) is 247 cm³/mol. The first-order valence-electron chi connectivity index (χ1n) is 25.0. The van der Waals surface area contributed by atoms with Crippen LogP contribution in [-0.2, 0) is 52.4 Å². The number of aliphatic hydroxyl groups excluding tert-OH is 1. The predicted octanol–water partition coefficient (Wildman–Crippen LogP) is 5.95. The molecule has 2 saturated carbocycles. The summed E-state index contributed by atoms with van der Waals surface area (Å²) in [5, 5.41) is 27.1. The fraction of sp³-hybridized carbons (Fsp3) is 0.824. The van der Waals surface area contributed by atoms with Gasteiger partial charge in [0.1, 0.15) is 30.6 Å². The van der Waals surface area contributed by atoms with Crippen molar-refractivity contribution in [2.45, 2.75) is 205 Å². The first-order chi connectivity index (χ1) is 31.4. The number of ketones is 2. The normalized spacial score (nSPS) is 38.7. The molecule has 5 aliphatic rings. The number of rotatable bonds is 10. The maximum atomic E-state index is 14.5. The number of methoxy groups -OCH3 is 3. The summed E-state index contributed by atoms with van der Waals surface area (Å²) in [7, 11) is 4.70. The van der Waals surface area contributed by atoms with Gasteiger partial charge in [-0.25, -0.2) is 4.79 Å². The molecule has 0 aromatic rings. The molecule has 3 aliphatic heterocycles. The third kappa shape index (κ3) is 13.6. The molecule has 14 atom stereocenters. The summed E-state index contributed by atoms with van der Waals surface area (Å²) in [6.45, 7) is 11.3. The molecule has 0 unspecified atom stereocenters. The molecule has 2 saturated heterocycles. The molecular formula is C51H82N2O13. The van der Waals surface area contributed by atoms with Gasteiger partial charge in [-0.2, -0.15) is 0 Å². The lowest BCUT2D eigenvalue weighted by Crippen LogP contribution is -2.64. The lowest BCUT2D eigenvalue weighted by atomic mass is 9.81. The molecule has 15 nitrogen and oxygen atoms in total. The van der Waals surface area contributed by atoms with Crippen LogP contribution in [0.25, 0.3) is 0 Å². The van der Waals surface area contributed by atoms with Gasteiger partial charge in [-0.15, -0.1) is 0 Å². The number of esters is 1. The number of nitrogens with zero attached hydrogens (tertiary/aromatic N) is 1. The molecule has 3 N–H and O–H groups in total. The highest BCUT2D eigenvalue weighted by Crippen LogP contribution is 2.39. The Morgan fingerprint density at radius 3 is 2.21 bits per heavy atom. The van der Waals surface area contributed by atoms with Crippen molar-refractivity contribution >= 4 is 29.4 Å². The highest BCUT2D eigenvalue weighted by Gasteiger charge is 2.56. The fourth-order valence-corrected chi connectivity index (χ4v) is 11.3. The highest BCUT2D eigenvalue weighted by molar-refractivity contribution is 6.39. The largest absolute Gasteiger partial charge is 0.456 e. The number of Topliss-reactive ketones (excluding diaryl/α,β-unsaturated/α-hetero) is 2. The molecule has 0 aromatic carbocycles. The molecule has 66 heavy (non-hydrogen) atoms. The van der Waals surface area contributed by atoms with Gasteiger partial charge in [-0.1, -0.05) is 64.7 Å². The summed E-state index contributed by atoms with van der Waals surface area (Å²) >= 11 is 0. The Hall–Kier alpha value is -3.05. The smallest absolute Gasteiger partial charge is 0.329 e. The summed E-state index contributed by atoms with van der Waals surface area (Å²) in [5.74, 6) is -7.74. The minimum atomic E-state index is -2.52. The second-order valence-electron chi connectivity index (χ2n) is 20.3. The quantitative estimate of drug-likeness (QED) is 0.132. The highest BCUT2D eigenvalue weighted by atomic mass is 16.7. The van der Waals surface area contributed by atoms with Crippen LogP contribution in [0.2, 0.25) is 0 Å². The van der Waals surface area contributed by atoms with Crippen LogP contribution in [0.1, 0.15) is 144 Å². The van der Waals surface area contributed by atoms with E-state index in [-0.39, 0.29) is 74.2 Å². The lowest BCUT2D eigenvalue weighted by Gasteiger charge is -2.47. The zero-order valence-corrected chi connectivity index (χ0v) is 41.3. The van der Waals surface area contributed by atoms with Gasteiger partial charge >= 0.3 is 5.97 Å². The van der Waals surface area contributed by atoms with Gasteiger partial charge in [-0.05, 0) is 108 Å². The summed E-state index contributed by atoms with van der Waals surface area (Å²) in [6, 6.07) is -0.958. The van der Waals surface area contributed by atoms with Crippen molar-refractivity contribution in [3.8, 4) is 0 Å². The first kappa shape index (κ1) is 53.9. The number of fused-ring (bicyclic) bond motifs is 3. The van der Waals surface area contributed by atoms with Crippen LogP contribution in [0, 0.1) is 29.6 Å². The number of aliphatic hydroxyl groups is 2. The molecule has 3 heterocycles. The number of carbonyl (C=O) groups excluding carboxylic acids is 5. The van der Waals surface area contributed by atoms with E-state index in [2.05, 4.69) is 12.2 Å². The van der Waals surface area contributed by atoms with E-state index in [1.165, 1.54) is 25.5 Å². The fourth-order valence-electron chi connectivity index (χ4n) is 11.3. The Bertz CT molecular complexity index is 1710. The number of ether oxygens (including phenoxy) is 6. The van der Waals surface area contributed by atoms with Crippen molar-refractivity contribution in [2.24, 2.45) is 29.6 Å². The zero-order chi connectivity index (χ0) is 48.3. The maximum Gasteiger partial charge on any atom is 0.329 e. The van der Waals surface area contributed by atoms with Gasteiger partial charge in [-0.3, -0.25) is 19.2 Å². The van der Waals surface area contributed by atoms with Crippen molar-refractivity contribution in [2.75, 3.05) is 34.5 Å². The van der Waals surface area contributed by atoms with Crippen LogP contribution in [-0.4, -0.2) is 140 Å². The minimum absolute atomic E-state index is 0.0244. The third-order valence-corrected chi connectivity index (χ3v) is 15.3. The van der Waals surface area contributed by atoms with Crippen LogP contribution in [0.5, 0.6) is 0 Å². The zero-order valence-electron chi connectivity index (χ0n) is 41.3. The number of amides is 2. The molecule has 2 amide bonds. The van der Waals surface area contributed by atoms with Crippen LogP contribution < -0.4 is 5.32 Å². The number of hydrogen-bond donors (Lipinski definition) is 3. The van der Waals surface area contributed by atoms with Gasteiger partial charge in [0, 0.05) is 58.1 Å². The van der Waals surface area contributed by atoms with Crippen molar-refractivity contribution in [3.63, 3.8) is 0 Å². The van der Waals surface area contributed by atoms with Crippen LogP contribution in [0.15, 0.2) is 23.3 Å². The molecule has 0 spiro atoms. The van der Waals surface area contributed by atoms with Crippen LogP contribution in [0.3, 0.4) is 0 Å². The number of nitrogens with one attached hydrogen (secondary N) is 1. The minimum Gasteiger partial charge on any atom is -0.456 e. The van der Waals surface area contributed by atoms with Crippen molar-refractivity contribution in [3.05, 3.63) is 23.3 Å². The van der Waals surface area contributed by atoms with Gasteiger partial charge in [0.25, 0.3) is 11.7 Å². The van der Waals surface area contributed by atoms with E-state index in [0.29, 0.717) is 56.9 Å². The second kappa shape index (κ2) is 25.0. The SMILES string of the molecule is CC[C@@H]1/C=C(\C)C[C@H](C)C[C@H](OC)[C@H]2O[C@@](O)(C(=O)C(=O)N3CCCC[C@H]3C(=O)O[C@H](/C(C)=C/[C@@H]3CC[C@@H](OCC(=O)NC4CCCCC4)[C@H](OC)C3)[C@H](C)[C@@H](O)CC1=O)[C@H](C)C[C@@H]2OC. The number of cyclic esters (lactones) is 1. The Labute approximate surface area is 393 Å². The molecule has 0 radical (unpaired) electrons. The molecule has 15 heteroatoms. The van der Waals surface area contributed by atoms with Crippen LogP contribution >= 0.6 is 0 Å². The van der Waals surface area contributed by atoms with E-state index < -0.39 is 77.8 Å². The Morgan fingerprint density at radius 2 is 1.55 bits per heavy atom. The number of piperidine rings is 1. The van der Waals surface area contributed by atoms with E-state index in [9.17, 15) is 34.2 Å². The standard InChI is InChI=1S/C51H82N2O13/c1-10-36-23-30(2)22-31(3)24-43(62-8)47-44(63-9)26-33(5)51(60,66-47)48(57)49(58)53-21-15-14-18-38(53)50(59)65-46(34(6)39(54)28-40(36)55)32(4)25-35-19-20-41(42(27-35)61-7)64-29-45(56)52-37-16-12-11-13-17-37/h23,25,31,33-39,41-44,46-47,54,60H,10-22,24,26-29H2,1-9H3,(H,52,56)/b30-23+,32-25+/t31-,33+,34+,35-,36+,38-,39-,41+,42+,43-,44-,46+,47+,51+/m0/s1. The van der Waals surface area contributed by atoms with Crippen molar-refractivity contribution in [1.82, 2.24) is 10.2 Å². The Balaban J connectivity index is 1.43. The van der Waals surface area contributed by atoms with E-state index in [1.54, 1.807) is 21.0 Å². The van der Waals surface area contributed by atoms with Crippen molar-refractivity contribution < 1.29 is 62.6 Å². The molecular weight excluding hydrogens is 849 g/mol. The van der Waals surface area contributed by atoms with E-state index in [1.807, 2.05) is 32.9 Å². The number of hydrogen-bond acceptors (Lipinski definition) is 13. The van der Waals surface area contributed by atoms with Crippen LogP contribution in [0.4, 0.5) is 0 Å². The van der Waals surface area contributed by atoms with E-state index >= 15 is 0 Å². The Kier molecular flexibility index (Phi) is 20.4. The van der Waals surface area contributed by atoms with Gasteiger partial charge in [0.2, 0.25) is 11.7 Å². The molecule has 2 aliphatic carbocycles. The topological polar surface area (TPSA) is 196 Å². The Morgan fingerprint density at radius 1 is 0.879 bits per heavy atom. The summed E-state index contributed by atoms with van der Waals surface area (Å²) in [5.41, 5.74) is 1.66.